The molecule has 160 valence electrons. The normalized spacial score (nSPS) is 15.2. The van der Waals surface area contributed by atoms with Gasteiger partial charge in [0.2, 0.25) is 0 Å². The number of aliphatic hydroxyl groups is 1. The van der Waals surface area contributed by atoms with Gasteiger partial charge in [0.05, 0.1) is 6.04 Å². The summed E-state index contributed by atoms with van der Waals surface area (Å²) in [7, 11) is 0. The van der Waals surface area contributed by atoms with Crippen LogP contribution in [0.15, 0.2) is 72.8 Å². The van der Waals surface area contributed by atoms with E-state index in [0.29, 0.717) is 21.4 Å². The number of benzene rings is 3. The third kappa shape index (κ3) is 5.21. The van der Waals surface area contributed by atoms with Crippen LogP contribution in [0.25, 0.3) is 0 Å². The van der Waals surface area contributed by atoms with E-state index in [9.17, 15) is 9.90 Å². The fourth-order valence-corrected chi connectivity index (χ4v) is 4.09. The molecule has 2 amide bonds. The van der Waals surface area contributed by atoms with Gasteiger partial charge in [0, 0.05) is 21.4 Å². The second-order valence-electron chi connectivity index (χ2n) is 7.97. The van der Waals surface area contributed by atoms with Gasteiger partial charge in [0.25, 0.3) is 0 Å². The monoisotopic (exact) mass is 454 g/mol. The van der Waals surface area contributed by atoms with E-state index in [0.717, 1.165) is 24.0 Å². The third-order valence-electron chi connectivity index (χ3n) is 5.53. The number of amides is 2. The van der Waals surface area contributed by atoms with Crippen LogP contribution in [-0.4, -0.2) is 17.2 Å². The Morgan fingerprint density at radius 2 is 1.61 bits per heavy atom. The van der Waals surface area contributed by atoms with Gasteiger partial charge in [-0.05, 0) is 79.8 Å². The highest BCUT2D eigenvalue weighted by Gasteiger charge is 2.43. The Morgan fingerprint density at radius 3 is 2.19 bits per heavy atom. The van der Waals surface area contributed by atoms with Crippen molar-refractivity contribution in [3.63, 3.8) is 0 Å². The molecule has 4 nitrogen and oxygen atoms in total. The lowest BCUT2D eigenvalue weighted by atomic mass is 9.95. The number of hydrogen-bond acceptors (Lipinski definition) is 2. The molecule has 2 N–H and O–H groups in total. The summed E-state index contributed by atoms with van der Waals surface area (Å²) in [5.41, 5.74) is 3.18. The Balaban J connectivity index is 1.71. The summed E-state index contributed by atoms with van der Waals surface area (Å²) in [6.45, 7) is 1.99. The minimum Gasteiger partial charge on any atom is -0.386 e. The second kappa shape index (κ2) is 9.31. The molecule has 6 heteroatoms. The van der Waals surface area contributed by atoms with Gasteiger partial charge < -0.3 is 10.4 Å². The van der Waals surface area contributed by atoms with Gasteiger partial charge in [-0.3, -0.25) is 4.90 Å². The van der Waals surface area contributed by atoms with Crippen molar-refractivity contribution in [1.82, 2.24) is 0 Å². The zero-order chi connectivity index (χ0) is 22.0. The highest BCUT2D eigenvalue weighted by molar-refractivity contribution is 6.31. The molecule has 3 aromatic rings. The van der Waals surface area contributed by atoms with Gasteiger partial charge in [-0.2, -0.15) is 0 Å². The number of nitrogens with one attached hydrogen (secondary N) is 1. The van der Waals surface area contributed by atoms with Crippen LogP contribution in [0.2, 0.25) is 10.0 Å². The summed E-state index contributed by atoms with van der Waals surface area (Å²) in [6, 6.07) is 21.2. The lowest BCUT2D eigenvalue weighted by molar-refractivity contribution is 0.133. The topological polar surface area (TPSA) is 52.6 Å². The maximum absolute atomic E-state index is 13.5. The standard InChI is InChI=1S/C25H24Cl2N2O2/c1-16-3-2-4-18(15-16)24(30)23(17-5-6-17)29(22-13-9-20(27)10-14-22)25(31)28-21-11-7-19(26)8-12-21/h2-4,7-15,17,23-24,30H,5-6H2,1H3,(H,28,31). The third-order valence-corrected chi connectivity index (χ3v) is 6.03. The number of aryl methyl sites for hydroxylation is 1. The van der Waals surface area contributed by atoms with E-state index in [2.05, 4.69) is 5.32 Å². The lowest BCUT2D eigenvalue weighted by Gasteiger charge is -2.35. The van der Waals surface area contributed by atoms with Crippen LogP contribution in [0.5, 0.6) is 0 Å². The Hall–Kier alpha value is -2.53. The van der Waals surface area contributed by atoms with Crippen LogP contribution < -0.4 is 10.2 Å². The van der Waals surface area contributed by atoms with E-state index in [1.54, 1.807) is 41.3 Å². The van der Waals surface area contributed by atoms with Gasteiger partial charge in [-0.25, -0.2) is 4.79 Å². The van der Waals surface area contributed by atoms with Crippen molar-refractivity contribution in [2.75, 3.05) is 10.2 Å². The summed E-state index contributed by atoms with van der Waals surface area (Å²) < 4.78 is 0. The molecule has 4 rings (SSSR count). The van der Waals surface area contributed by atoms with E-state index in [1.165, 1.54) is 0 Å². The van der Waals surface area contributed by atoms with Crippen molar-refractivity contribution in [3.05, 3.63) is 94.0 Å². The Morgan fingerprint density at radius 1 is 1.00 bits per heavy atom. The number of carbonyl (C=O) groups excluding carboxylic acids is 1. The molecule has 0 aliphatic heterocycles. The molecule has 1 fully saturated rings. The Labute approximate surface area is 192 Å². The summed E-state index contributed by atoms with van der Waals surface area (Å²) in [5.74, 6) is 0.210. The quantitative estimate of drug-likeness (QED) is 0.427. The van der Waals surface area contributed by atoms with Gasteiger partial charge in [-0.1, -0.05) is 53.0 Å². The SMILES string of the molecule is Cc1cccc(C(O)C(C2CC2)N(C(=O)Nc2ccc(Cl)cc2)c2ccc(Cl)cc2)c1. The molecule has 0 radical (unpaired) electrons. The van der Waals surface area contributed by atoms with Crippen LogP contribution in [-0.2, 0) is 0 Å². The Kier molecular flexibility index (Phi) is 6.51. The second-order valence-corrected chi connectivity index (χ2v) is 8.84. The first-order chi connectivity index (χ1) is 14.9. The molecule has 2 atom stereocenters. The van der Waals surface area contributed by atoms with Crippen molar-refractivity contribution >= 4 is 40.6 Å². The van der Waals surface area contributed by atoms with E-state index < -0.39 is 12.1 Å². The van der Waals surface area contributed by atoms with Gasteiger partial charge in [0.1, 0.15) is 6.10 Å². The molecule has 2 unspecified atom stereocenters. The van der Waals surface area contributed by atoms with Crippen LogP contribution >= 0.6 is 23.2 Å². The van der Waals surface area contributed by atoms with Crippen LogP contribution in [0, 0.1) is 12.8 Å². The fourth-order valence-electron chi connectivity index (χ4n) is 3.84. The molecule has 0 saturated heterocycles. The summed E-state index contributed by atoms with van der Waals surface area (Å²) >= 11 is 12.1. The first kappa shape index (κ1) is 21.7. The van der Waals surface area contributed by atoms with Crippen LogP contribution in [0.4, 0.5) is 16.2 Å². The summed E-state index contributed by atoms with van der Waals surface area (Å²) in [5, 5.41) is 15.5. The molecule has 0 bridgehead atoms. The van der Waals surface area contributed by atoms with Gasteiger partial charge >= 0.3 is 6.03 Å². The number of urea groups is 1. The van der Waals surface area contributed by atoms with Crippen molar-refractivity contribution in [2.24, 2.45) is 5.92 Å². The number of nitrogens with zero attached hydrogens (tertiary/aromatic N) is 1. The molecule has 0 spiro atoms. The molecule has 1 saturated carbocycles. The molecular weight excluding hydrogens is 431 g/mol. The molecule has 0 heterocycles. The summed E-state index contributed by atoms with van der Waals surface area (Å²) in [4.78, 5) is 15.2. The Bertz CT molecular complexity index is 1050. The smallest absolute Gasteiger partial charge is 0.326 e. The molecule has 1 aliphatic rings. The average Bonchev–Trinajstić information content (AvgIpc) is 3.59. The summed E-state index contributed by atoms with van der Waals surface area (Å²) in [6.07, 6.45) is 1.11. The number of aliphatic hydroxyl groups excluding tert-OH is 1. The molecule has 3 aromatic carbocycles. The minimum atomic E-state index is -0.820. The van der Waals surface area contributed by atoms with E-state index in [4.69, 9.17) is 23.2 Å². The fraction of sp³-hybridized carbons (Fsp3) is 0.240. The predicted molar refractivity (Wildman–Crippen MR) is 127 cm³/mol. The van der Waals surface area contributed by atoms with Crippen molar-refractivity contribution in [1.29, 1.82) is 0 Å². The van der Waals surface area contributed by atoms with Gasteiger partial charge in [0.15, 0.2) is 0 Å². The van der Waals surface area contributed by atoms with E-state index in [-0.39, 0.29) is 11.9 Å². The first-order valence-corrected chi connectivity index (χ1v) is 11.0. The molecule has 1 aliphatic carbocycles. The largest absolute Gasteiger partial charge is 0.386 e. The predicted octanol–water partition coefficient (Wildman–Crippen LogP) is 6.85. The minimum absolute atomic E-state index is 0.210. The van der Waals surface area contributed by atoms with E-state index in [1.807, 2.05) is 43.3 Å². The number of rotatable bonds is 6. The maximum atomic E-state index is 13.5. The van der Waals surface area contributed by atoms with Crippen LogP contribution in [0.3, 0.4) is 0 Å². The van der Waals surface area contributed by atoms with Crippen molar-refractivity contribution < 1.29 is 9.90 Å². The highest BCUT2D eigenvalue weighted by atomic mass is 35.5. The van der Waals surface area contributed by atoms with Gasteiger partial charge in [-0.15, -0.1) is 0 Å². The van der Waals surface area contributed by atoms with Crippen molar-refractivity contribution in [3.8, 4) is 0 Å². The number of anilines is 2. The molecule has 31 heavy (non-hydrogen) atoms. The number of halogens is 2. The molecule has 0 aromatic heterocycles. The van der Waals surface area contributed by atoms with Crippen molar-refractivity contribution in [2.45, 2.75) is 31.9 Å². The van der Waals surface area contributed by atoms with Crippen LogP contribution in [0.1, 0.15) is 30.1 Å². The molecular formula is C25H24Cl2N2O2. The first-order valence-electron chi connectivity index (χ1n) is 10.3. The zero-order valence-electron chi connectivity index (χ0n) is 17.1. The number of carbonyl (C=O) groups is 1. The number of hydrogen-bond donors (Lipinski definition) is 2. The highest BCUT2D eigenvalue weighted by Crippen LogP contribution is 2.43. The maximum Gasteiger partial charge on any atom is 0.326 e. The zero-order valence-corrected chi connectivity index (χ0v) is 18.6. The average molecular weight is 455 g/mol. The lowest BCUT2D eigenvalue weighted by Crippen LogP contribution is -2.47. The van der Waals surface area contributed by atoms with E-state index >= 15 is 0 Å².